The molecule has 0 unspecified atom stereocenters. The van der Waals surface area contributed by atoms with E-state index in [2.05, 4.69) is 0 Å². The first-order chi connectivity index (χ1) is 13.3. The second kappa shape index (κ2) is 8.90. The van der Waals surface area contributed by atoms with Gasteiger partial charge in [0.15, 0.2) is 11.5 Å². The first kappa shape index (κ1) is 18.5. The van der Waals surface area contributed by atoms with Crippen LogP contribution < -0.4 is 14.2 Å². The summed E-state index contributed by atoms with van der Waals surface area (Å²) in [6, 6.07) is 21.1. The van der Waals surface area contributed by atoms with Crippen LogP contribution in [0.2, 0.25) is 0 Å². The van der Waals surface area contributed by atoms with Crippen molar-refractivity contribution in [3.05, 3.63) is 72.3 Å². The van der Waals surface area contributed by atoms with Crippen molar-refractivity contribution in [2.24, 2.45) is 0 Å². The maximum absolute atomic E-state index is 11.3. The second-order valence-corrected chi connectivity index (χ2v) is 5.98. The van der Waals surface area contributed by atoms with Gasteiger partial charge in [0.25, 0.3) is 0 Å². The third-order valence-electron chi connectivity index (χ3n) is 4.04. The van der Waals surface area contributed by atoms with Crippen molar-refractivity contribution in [3.8, 4) is 34.1 Å². The highest BCUT2D eigenvalue weighted by molar-refractivity contribution is 5.79. The van der Waals surface area contributed by atoms with Crippen LogP contribution >= 0.6 is 0 Å². The van der Waals surface area contributed by atoms with Crippen LogP contribution in [0.15, 0.2) is 66.7 Å². The van der Waals surface area contributed by atoms with Crippen molar-refractivity contribution in [2.75, 3.05) is 13.7 Å². The molecule has 0 bridgehead atoms. The predicted molar refractivity (Wildman–Crippen MR) is 106 cm³/mol. The SMILES string of the molecule is CCCOc1c(OC)cc(C=O)cc1Oc1ccccc1-c1ccccc1. The number of carbonyl (C=O) groups is 1. The maximum atomic E-state index is 11.3. The van der Waals surface area contributed by atoms with Crippen molar-refractivity contribution < 1.29 is 19.0 Å². The van der Waals surface area contributed by atoms with E-state index in [1.165, 1.54) is 0 Å². The van der Waals surface area contributed by atoms with Gasteiger partial charge in [-0.15, -0.1) is 0 Å². The zero-order chi connectivity index (χ0) is 19.1. The number of methoxy groups -OCH3 is 1. The van der Waals surface area contributed by atoms with Crippen molar-refractivity contribution in [2.45, 2.75) is 13.3 Å². The van der Waals surface area contributed by atoms with Crippen LogP contribution in [0.5, 0.6) is 23.0 Å². The Morgan fingerprint density at radius 1 is 0.889 bits per heavy atom. The summed E-state index contributed by atoms with van der Waals surface area (Å²) in [6.07, 6.45) is 1.61. The monoisotopic (exact) mass is 362 g/mol. The average Bonchev–Trinajstić information content (AvgIpc) is 2.73. The fraction of sp³-hybridized carbons (Fsp3) is 0.174. The molecule has 0 spiro atoms. The van der Waals surface area contributed by atoms with E-state index in [0.29, 0.717) is 35.2 Å². The topological polar surface area (TPSA) is 44.8 Å². The van der Waals surface area contributed by atoms with Crippen molar-refractivity contribution in [1.29, 1.82) is 0 Å². The molecule has 3 rings (SSSR count). The van der Waals surface area contributed by atoms with Crippen molar-refractivity contribution in [3.63, 3.8) is 0 Å². The van der Waals surface area contributed by atoms with Gasteiger partial charge >= 0.3 is 0 Å². The molecule has 4 heteroatoms. The quantitative estimate of drug-likeness (QED) is 0.478. The molecular formula is C23H22O4. The highest BCUT2D eigenvalue weighted by Crippen LogP contribution is 2.42. The number of aldehydes is 1. The van der Waals surface area contributed by atoms with Gasteiger partial charge in [-0.2, -0.15) is 0 Å². The van der Waals surface area contributed by atoms with Gasteiger partial charge in [0.1, 0.15) is 12.0 Å². The molecule has 27 heavy (non-hydrogen) atoms. The zero-order valence-electron chi connectivity index (χ0n) is 15.5. The van der Waals surface area contributed by atoms with Crippen LogP contribution in [0.4, 0.5) is 0 Å². The molecule has 0 radical (unpaired) electrons. The van der Waals surface area contributed by atoms with Crippen LogP contribution in [0.25, 0.3) is 11.1 Å². The number of hydrogen-bond donors (Lipinski definition) is 0. The molecule has 0 atom stereocenters. The lowest BCUT2D eigenvalue weighted by atomic mass is 10.0. The first-order valence-electron chi connectivity index (χ1n) is 8.89. The van der Waals surface area contributed by atoms with Gasteiger partial charge in [0.05, 0.1) is 13.7 Å². The van der Waals surface area contributed by atoms with Gasteiger partial charge in [0.2, 0.25) is 5.75 Å². The minimum Gasteiger partial charge on any atom is -0.493 e. The molecule has 3 aromatic carbocycles. The summed E-state index contributed by atoms with van der Waals surface area (Å²) < 4.78 is 17.5. The molecule has 0 saturated carbocycles. The molecule has 0 aliphatic carbocycles. The summed E-state index contributed by atoms with van der Waals surface area (Å²) >= 11 is 0. The number of hydrogen-bond acceptors (Lipinski definition) is 4. The number of ether oxygens (including phenoxy) is 3. The molecule has 0 saturated heterocycles. The Morgan fingerprint density at radius 2 is 1.59 bits per heavy atom. The largest absolute Gasteiger partial charge is 0.493 e. The molecule has 4 nitrogen and oxygen atoms in total. The van der Waals surface area contributed by atoms with Crippen molar-refractivity contribution >= 4 is 6.29 Å². The normalized spacial score (nSPS) is 10.3. The van der Waals surface area contributed by atoms with Crippen LogP contribution in [0.3, 0.4) is 0 Å². The number of rotatable bonds is 8. The van der Waals surface area contributed by atoms with Crippen LogP contribution in [0.1, 0.15) is 23.7 Å². The molecule has 0 aliphatic heterocycles. The van der Waals surface area contributed by atoms with Gasteiger partial charge in [0, 0.05) is 11.1 Å². The number of para-hydroxylation sites is 1. The summed E-state index contributed by atoms with van der Waals surface area (Å²) in [7, 11) is 1.55. The van der Waals surface area contributed by atoms with Gasteiger partial charge in [-0.25, -0.2) is 0 Å². The second-order valence-electron chi connectivity index (χ2n) is 5.98. The Balaban J connectivity index is 2.06. The molecule has 3 aromatic rings. The van der Waals surface area contributed by atoms with Gasteiger partial charge < -0.3 is 14.2 Å². The lowest BCUT2D eigenvalue weighted by Crippen LogP contribution is -2.01. The molecule has 0 N–H and O–H groups in total. The van der Waals surface area contributed by atoms with E-state index in [-0.39, 0.29) is 0 Å². The van der Waals surface area contributed by atoms with Crippen LogP contribution in [0, 0.1) is 0 Å². The van der Waals surface area contributed by atoms with Gasteiger partial charge in [-0.1, -0.05) is 55.5 Å². The summed E-state index contributed by atoms with van der Waals surface area (Å²) in [5.74, 6) is 2.09. The molecule has 0 aromatic heterocycles. The standard InChI is InChI=1S/C23H22O4/c1-3-13-26-23-21(25-2)14-17(16-24)15-22(23)27-20-12-8-7-11-19(20)18-9-5-4-6-10-18/h4-12,14-16H,3,13H2,1-2H3. The van der Waals surface area contributed by atoms with E-state index in [1.807, 2.05) is 61.5 Å². The predicted octanol–water partition coefficient (Wildman–Crippen LogP) is 5.76. The Kier molecular flexibility index (Phi) is 6.10. The molecular weight excluding hydrogens is 340 g/mol. The fourth-order valence-electron chi connectivity index (χ4n) is 2.77. The Labute approximate surface area is 159 Å². The minimum absolute atomic E-state index is 0.452. The Bertz CT molecular complexity index is 904. The van der Waals surface area contributed by atoms with E-state index in [9.17, 15) is 4.79 Å². The summed E-state index contributed by atoms with van der Waals surface area (Å²) in [5, 5.41) is 0. The lowest BCUT2D eigenvalue weighted by molar-refractivity contribution is 0.112. The minimum atomic E-state index is 0.452. The maximum Gasteiger partial charge on any atom is 0.204 e. The summed E-state index contributed by atoms with van der Waals surface area (Å²) in [6.45, 7) is 2.55. The van der Waals surface area contributed by atoms with Gasteiger partial charge in [-0.05, 0) is 30.2 Å². The average molecular weight is 362 g/mol. The number of carbonyl (C=O) groups excluding carboxylic acids is 1. The third-order valence-corrected chi connectivity index (χ3v) is 4.04. The zero-order valence-corrected chi connectivity index (χ0v) is 15.5. The highest BCUT2D eigenvalue weighted by Gasteiger charge is 2.17. The van der Waals surface area contributed by atoms with Crippen LogP contribution in [-0.2, 0) is 0 Å². The molecule has 138 valence electrons. The summed E-state index contributed by atoms with van der Waals surface area (Å²) in [5.41, 5.74) is 2.46. The molecule has 0 fully saturated rings. The number of benzene rings is 3. The molecule has 0 amide bonds. The van der Waals surface area contributed by atoms with Crippen LogP contribution in [-0.4, -0.2) is 20.0 Å². The van der Waals surface area contributed by atoms with Crippen molar-refractivity contribution in [1.82, 2.24) is 0 Å². The Hall–Kier alpha value is -3.27. The van der Waals surface area contributed by atoms with Gasteiger partial charge in [-0.3, -0.25) is 4.79 Å². The lowest BCUT2D eigenvalue weighted by Gasteiger charge is -2.17. The van der Waals surface area contributed by atoms with E-state index < -0.39 is 0 Å². The third kappa shape index (κ3) is 4.29. The fourth-order valence-corrected chi connectivity index (χ4v) is 2.77. The van der Waals surface area contributed by atoms with E-state index in [1.54, 1.807) is 19.2 Å². The highest BCUT2D eigenvalue weighted by atomic mass is 16.5. The Morgan fingerprint density at radius 3 is 2.30 bits per heavy atom. The summed E-state index contributed by atoms with van der Waals surface area (Å²) in [4.78, 5) is 11.3. The van der Waals surface area contributed by atoms with E-state index in [0.717, 1.165) is 23.8 Å². The van der Waals surface area contributed by atoms with E-state index >= 15 is 0 Å². The van der Waals surface area contributed by atoms with E-state index in [4.69, 9.17) is 14.2 Å². The first-order valence-corrected chi connectivity index (χ1v) is 8.89. The smallest absolute Gasteiger partial charge is 0.204 e. The molecule has 0 heterocycles. The molecule has 0 aliphatic rings.